The van der Waals surface area contributed by atoms with Crippen molar-refractivity contribution in [2.45, 2.75) is 13.0 Å². The van der Waals surface area contributed by atoms with E-state index >= 15 is 0 Å². The van der Waals surface area contributed by atoms with Crippen LogP contribution in [0.15, 0.2) is 34.9 Å². The van der Waals surface area contributed by atoms with Crippen LogP contribution in [0.25, 0.3) is 0 Å². The van der Waals surface area contributed by atoms with E-state index in [4.69, 9.17) is 9.26 Å². The number of likely N-dealkylation sites (N-methyl/N-ethyl adjacent to an activating group) is 1. The molecule has 0 bridgehead atoms. The number of rotatable bonds is 6. The first-order valence-corrected chi connectivity index (χ1v) is 7.03. The molecule has 0 aliphatic heterocycles. The zero-order chi connectivity index (χ0) is 16.1. The van der Waals surface area contributed by atoms with Crippen LogP contribution in [0.3, 0.4) is 0 Å². The summed E-state index contributed by atoms with van der Waals surface area (Å²) in [6.45, 7) is 2.21. The Morgan fingerprint density at radius 1 is 1.41 bits per heavy atom. The Labute approximate surface area is 130 Å². The van der Waals surface area contributed by atoms with Gasteiger partial charge >= 0.3 is 0 Å². The predicted octanol–water partition coefficient (Wildman–Crippen LogP) is 2.02. The van der Waals surface area contributed by atoms with Gasteiger partial charge in [0.1, 0.15) is 5.75 Å². The molecule has 1 aromatic heterocycles. The fourth-order valence-corrected chi connectivity index (χ4v) is 2.26. The van der Waals surface area contributed by atoms with Crippen molar-refractivity contribution in [3.05, 3.63) is 47.3 Å². The molecule has 0 fully saturated rings. The van der Waals surface area contributed by atoms with Gasteiger partial charge in [-0.3, -0.25) is 4.79 Å². The molecule has 0 spiro atoms. The molecule has 0 radical (unpaired) electrons. The van der Waals surface area contributed by atoms with Crippen LogP contribution < -0.4 is 10.1 Å². The number of nitrogens with zero attached hydrogens (tertiary/aromatic N) is 2. The van der Waals surface area contributed by atoms with E-state index in [0.717, 1.165) is 11.3 Å². The Morgan fingerprint density at radius 3 is 2.73 bits per heavy atom. The third-order valence-corrected chi connectivity index (χ3v) is 3.43. The van der Waals surface area contributed by atoms with Crippen LogP contribution >= 0.6 is 0 Å². The standard InChI is InChI=1S/C16H21N3O3/c1-11-9-15(22-18-11)16(20)17-10-13(19(2)3)12-7-5-6-8-14(12)21-4/h5-9,13H,10H2,1-4H3,(H,17,20). The van der Waals surface area contributed by atoms with Gasteiger partial charge in [0, 0.05) is 18.2 Å². The van der Waals surface area contributed by atoms with Gasteiger partial charge < -0.3 is 19.5 Å². The number of carbonyl (C=O) groups is 1. The molecule has 1 amide bonds. The van der Waals surface area contributed by atoms with Crippen LogP contribution in [0.2, 0.25) is 0 Å². The minimum Gasteiger partial charge on any atom is -0.496 e. The molecule has 118 valence electrons. The number of benzene rings is 1. The summed E-state index contributed by atoms with van der Waals surface area (Å²) < 4.78 is 10.4. The van der Waals surface area contributed by atoms with Crippen LogP contribution in [0.1, 0.15) is 27.9 Å². The SMILES string of the molecule is COc1ccccc1C(CNC(=O)c1cc(C)no1)N(C)C. The summed E-state index contributed by atoms with van der Waals surface area (Å²) >= 11 is 0. The quantitative estimate of drug-likeness (QED) is 0.884. The number of aromatic nitrogens is 1. The van der Waals surface area contributed by atoms with E-state index in [1.165, 1.54) is 0 Å². The third-order valence-electron chi connectivity index (χ3n) is 3.43. The first-order chi connectivity index (χ1) is 10.5. The Balaban J connectivity index is 2.11. The minimum atomic E-state index is -0.276. The van der Waals surface area contributed by atoms with Gasteiger partial charge in [0.05, 0.1) is 18.8 Å². The van der Waals surface area contributed by atoms with E-state index < -0.39 is 0 Å². The first kappa shape index (κ1) is 16.0. The lowest BCUT2D eigenvalue weighted by Crippen LogP contribution is -2.34. The second kappa shape index (κ2) is 7.09. The number of para-hydroxylation sites is 1. The summed E-state index contributed by atoms with van der Waals surface area (Å²) in [7, 11) is 5.56. The highest BCUT2D eigenvalue weighted by molar-refractivity contribution is 5.91. The molecule has 2 rings (SSSR count). The molecule has 0 aliphatic carbocycles. The van der Waals surface area contributed by atoms with Gasteiger partial charge in [-0.05, 0) is 27.1 Å². The van der Waals surface area contributed by atoms with Gasteiger partial charge in [-0.25, -0.2) is 0 Å². The molecular formula is C16H21N3O3. The molecule has 2 aromatic rings. The van der Waals surface area contributed by atoms with Crippen LogP contribution in [-0.2, 0) is 0 Å². The number of amides is 1. The maximum absolute atomic E-state index is 12.1. The van der Waals surface area contributed by atoms with Gasteiger partial charge in [0.25, 0.3) is 5.91 Å². The highest BCUT2D eigenvalue weighted by Crippen LogP contribution is 2.27. The average Bonchev–Trinajstić information content (AvgIpc) is 2.94. The normalized spacial score (nSPS) is 12.2. The second-order valence-corrected chi connectivity index (χ2v) is 5.26. The Hall–Kier alpha value is -2.34. The maximum Gasteiger partial charge on any atom is 0.289 e. The van der Waals surface area contributed by atoms with Crippen LogP contribution in [0.5, 0.6) is 5.75 Å². The lowest BCUT2D eigenvalue weighted by molar-refractivity contribution is 0.0904. The fraction of sp³-hybridized carbons (Fsp3) is 0.375. The smallest absolute Gasteiger partial charge is 0.289 e. The molecule has 0 aliphatic rings. The number of nitrogens with one attached hydrogen (secondary N) is 1. The highest BCUT2D eigenvalue weighted by atomic mass is 16.5. The first-order valence-electron chi connectivity index (χ1n) is 7.03. The van der Waals surface area contributed by atoms with Crippen molar-refractivity contribution in [3.8, 4) is 5.75 Å². The van der Waals surface area contributed by atoms with Crippen molar-refractivity contribution in [2.24, 2.45) is 0 Å². The fourth-order valence-electron chi connectivity index (χ4n) is 2.26. The molecule has 6 heteroatoms. The number of methoxy groups -OCH3 is 1. The molecule has 1 unspecified atom stereocenters. The molecule has 22 heavy (non-hydrogen) atoms. The van der Waals surface area contributed by atoms with Crippen molar-refractivity contribution in [1.29, 1.82) is 0 Å². The van der Waals surface area contributed by atoms with Gasteiger partial charge in [-0.15, -0.1) is 0 Å². The summed E-state index contributed by atoms with van der Waals surface area (Å²) in [5.41, 5.74) is 1.70. The van der Waals surface area contributed by atoms with Crippen molar-refractivity contribution >= 4 is 5.91 Å². The molecule has 1 aromatic carbocycles. The molecule has 1 N–H and O–H groups in total. The van der Waals surface area contributed by atoms with Gasteiger partial charge in [0.15, 0.2) is 0 Å². The van der Waals surface area contributed by atoms with Gasteiger partial charge in [-0.1, -0.05) is 23.4 Å². The lowest BCUT2D eigenvalue weighted by Gasteiger charge is -2.26. The third kappa shape index (κ3) is 3.65. The number of ether oxygens (including phenoxy) is 1. The van der Waals surface area contributed by atoms with E-state index in [1.807, 2.05) is 43.3 Å². The van der Waals surface area contributed by atoms with Crippen LogP contribution in [-0.4, -0.2) is 43.7 Å². The van der Waals surface area contributed by atoms with Crippen molar-refractivity contribution in [3.63, 3.8) is 0 Å². The molecule has 1 heterocycles. The Kier molecular flexibility index (Phi) is 5.16. The van der Waals surface area contributed by atoms with Crippen LogP contribution in [0.4, 0.5) is 0 Å². The molecular weight excluding hydrogens is 282 g/mol. The Morgan fingerprint density at radius 2 is 2.14 bits per heavy atom. The zero-order valence-corrected chi connectivity index (χ0v) is 13.3. The topological polar surface area (TPSA) is 67.6 Å². The maximum atomic E-state index is 12.1. The highest BCUT2D eigenvalue weighted by Gasteiger charge is 2.20. The average molecular weight is 303 g/mol. The van der Waals surface area contributed by atoms with Crippen LogP contribution in [0, 0.1) is 6.92 Å². The zero-order valence-electron chi connectivity index (χ0n) is 13.3. The molecule has 1 atom stereocenters. The lowest BCUT2D eigenvalue weighted by atomic mass is 10.0. The summed E-state index contributed by atoms with van der Waals surface area (Å²) in [5.74, 6) is 0.739. The summed E-state index contributed by atoms with van der Waals surface area (Å²) in [4.78, 5) is 14.1. The van der Waals surface area contributed by atoms with Gasteiger partial charge in [-0.2, -0.15) is 0 Å². The predicted molar refractivity (Wildman–Crippen MR) is 83.0 cm³/mol. The van der Waals surface area contributed by atoms with E-state index in [1.54, 1.807) is 20.1 Å². The van der Waals surface area contributed by atoms with E-state index in [2.05, 4.69) is 10.5 Å². The van der Waals surface area contributed by atoms with E-state index in [9.17, 15) is 4.79 Å². The Bertz CT molecular complexity index is 637. The monoisotopic (exact) mass is 303 g/mol. The number of hydrogen-bond donors (Lipinski definition) is 1. The van der Waals surface area contributed by atoms with Gasteiger partial charge in [0.2, 0.25) is 5.76 Å². The number of hydrogen-bond acceptors (Lipinski definition) is 5. The van der Waals surface area contributed by atoms with Crippen molar-refractivity contribution in [1.82, 2.24) is 15.4 Å². The molecule has 6 nitrogen and oxygen atoms in total. The summed E-state index contributed by atoms with van der Waals surface area (Å²) in [6, 6.07) is 9.38. The van der Waals surface area contributed by atoms with E-state index in [0.29, 0.717) is 12.2 Å². The van der Waals surface area contributed by atoms with Crippen molar-refractivity contribution in [2.75, 3.05) is 27.7 Å². The summed E-state index contributed by atoms with van der Waals surface area (Å²) in [6.07, 6.45) is 0. The van der Waals surface area contributed by atoms with Crippen molar-refractivity contribution < 1.29 is 14.1 Å². The second-order valence-electron chi connectivity index (χ2n) is 5.26. The summed E-state index contributed by atoms with van der Waals surface area (Å²) in [5, 5.41) is 6.59. The van der Waals surface area contributed by atoms with E-state index in [-0.39, 0.29) is 17.7 Å². The molecule has 0 saturated heterocycles. The largest absolute Gasteiger partial charge is 0.496 e. The molecule has 0 saturated carbocycles. The number of aryl methyl sites for hydroxylation is 1. The minimum absolute atomic E-state index is 0.0101. The number of carbonyl (C=O) groups excluding carboxylic acids is 1.